The first-order chi connectivity index (χ1) is 19.7. The molecule has 2 heterocycles. The molecule has 0 fully saturated rings. The molecule has 0 atom stereocenters. The highest BCUT2D eigenvalue weighted by atomic mass is 19.4. The van der Waals surface area contributed by atoms with Gasteiger partial charge in [0.15, 0.2) is 11.3 Å². The van der Waals surface area contributed by atoms with Crippen molar-refractivity contribution in [3.05, 3.63) is 75.7 Å². The molecule has 4 rings (SSSR count). The van der Waals surface area contributed by atoms with Crippen LogP contribution in [-0.4, -0.2) is 19.7 Å². The summed E-state index contributed by atoms with van der Waals surface area (Å²) in [6.07, 6.45) is -20.1. The Balaban J connectivity index is 2.01. The maximum Gasteiger partial charge on any atom is 0.451 e. The van der Waals surface area contributed by atoms with Crippen molar-refractivity contribution < 1.29 is 52.7 Å². The van der Waals surface area contributed by atoms with Crippen LogP contribution in [0.15, 0.2) is 36.4 Å². The molecule has 17 heteroatoms. The van der Waals surface area contributed by atoms with Gasteiger partial charge < -0.3 is 5.32 Å². The number of aromatic nitrogens is 4. The molecule has 0 saturated heterocycles. The van der Waals surface area contributed by atoms with Crippen LogP contribution in [0.2, 0.25) is 0 Å². The lowest BCUT2D eigenvalue weighted by molar-refractivity contribution is -0.151. The number of halogens is 12. The zero-order chi connectivity index (χ0) is 32.1. The van der Waals surface area contributed by atoms with Crippen LogP contribution in [0.25, 0.3) is 16.7 Å². The summed E-state index contributed by atoms with van der Waals surface area (Å²) in [5, 5.41) is 5.40. The number of aryl methyl sites for hydroxylation is 2. The molecule has 1 N–H and O–H groups in total. The summed E-state index contributed by atoms with van der Waals surface area (Å²) in [7, 11) is 0. The van der Waals surface area contributed by atoms with E-state index in [9.17, 15) is 52.7 Å². The normalized spacial score (nSPS) is 13.2. The van der Waals surface area contributed by atoms with Crippen LogP contribution in [0.1, 0.15) is 52.7 Å². The van der Waals surface area contributed by atoms with Crippen molar-refractivity contribution in [3.8, 4) is 5.69 Å². The number of rotatable bonds is 6. The van der Waals surface area contributed by atoms with Crippen LogP contribution < -0.4 is 5.32 Å². The number of hydrogen-bond acceptors (Lipinski definition) is 4. The molecule has 0 spiro atoms. The van der Waals surface area contributed by atoms with Crippen LogP contribution >= 0.6 is 0 Å². The van der Waals surface area contributed by atoms with E-state index in [1.807, 2.05) is 0 Å². The number of fused-ring (bicyclic) bond motifs is 1. The molecule has 0 amide bonds. The van der Waals surface area contributed by atoms with Crippen LogP contribution in [-0.2, 0) is 37.7 Å². The number of alkyl halides is 12. The van der Waals surface area contributed by atoms with Gasteiger partial charge in [-0.2, -0.15) is 52.7 Å². The topological polar surface area (TPSA) is 55.6 Å². The second kappa shape index (κ2) is 10.9. The smallest absolute Gasteiger partial charge is 0.365 e. The molecule has 232 valence electrons. The largest absolute Gasteiger partial charge is 0.451 e. The van der Waals surface area contributed by atoms with E-state index < -0.39 is 70.7 Å². The van der Waals surface area contributed by atoms with Gasteiger partial charge >= 0.3 is 24.7 Å². The predicted octanol–water partition coefficient (Wildman–Crippen LogP) is 8.76. The third kappa shape index (κ3) is 6.64. The summed E-state index contributed by atoms with van der Waals surface area (Å²) in [6, 6.07) is 4.94. The lowest BCUT2D eigenvalue weighted by Gasteiger charge is -2.19. The van der Waals surface area contributed by atoms with Gasteiger partial charge in [0.25, 0.3) is 0 Å². The summed E-state index contributed by atoms with van der Waals surface area (Å²) >= 11 is 0. The van der Waals surface area contributed by atoms with Gasteiger partial charge in [-0.15, -0.1) is 5.10 Å². The molecule has 0 bridgehead atoms. The van der Waals surface area contributed by atoms with Crippen molar-refractivity contribution in [2.45, 2.75) is 57.9 Å². The van der Waals surface area contributed by atoms with Gasteiger partial charge in [0, 0.05) is 6.54 Å². The molecule has 0 aliphatic carbocycles. The Morgan fingerprint density at radius 1 is 0.744 bits per heavy atom. The number of benzene rings is 2. The van der Waals surface area contributed by atoms with E-state index in [0.29, 0.717) is 18.2 Å². The second-order valence-corrected chi connectivity index (χ2v) is 9.45. The molecule has 43 heavy (non-hydrogen) atoms. The third-order valence-corrected chi connectivity index (χ3v) is 6.23. The van der Waals surface area contributed by atoms with Crippen molar-refractivity contribution in [1.29, 1.82) is 0 Å². The van der Waals surface area contributed by atoms with Crippen LogP contribution in [0, 0.1) is 6.92 Å². The molecular formula is C26H19F12N5. The van der Waals surface area contributed by atoms with E-state index in [1.165, 1.54) is 6.92 Å². The average Bonchev–Trinajstić information content (AvgIpc) is 3.22. The summed E-state index contributed by atoms with van der Waals surface area (Å²) in [5.74, 6) is -2.78. The minimum absolute atomic E-state index is 0.0275. The molecule has 2 aromatic carbocycles. The monoisotopic (exact) mass is 629 g/mol. The lowest BCUT2D eigenvalue weighted by Crippen LogP contribution is -2.18. The zero-order valence-electron chi connectivity index (χ0n) is 21.9. The van der Waals surface area contributed by atoms with Gasteiger partial charge in [0.1, 0.15) is 5.82 Å². The van der Waals surface area contributed by atoms with Gasteiger partial charge in [-0.25, -0.2) is 14.6 Å². The van der Waals surface area contributed by atoms with Gasteiger partial charge in [-0.05, 0) is 54.3 Å². The summed E-state index contributed by atoms with van der Waals surface area (Å²) in [5.41, 5.74) is -5.34. The van der Waals surface area contributed by atoms with E-state index >= 15 is 0 Å². The SMILES string of the molecule is CCCc1cc(C(F)(F)F)cc(C)c1-n1nc2nc(C(F)(F)F)nc(C(F)(F)F)c2c1NCc1ccc(C(F)(F)F)cc1. The minimum atomic E-state index is -5.47. The van der Waals surface area contributed by atoms with Gasteiger partial charge in [-0.1, -0.05) is 25.5 Å². The minimum Gasteiger partial charge on any atom is -0.365 e. The molecule has 0 aliphatic heterocycles. The Morgan fingerprint density at radius 3 is 1.86 bits per heavy atom. The number of nitrogens with zero attached hydrogens (tertiary/aromatic N) is 4. The molecule has 0 saturated carbocycles. The zero-order valence-corrected chi connectivity index (χ0v) is 21.9. The summed E-state index contributed by atoms with van der Waals surface area (Å²) in [6.45, 7) is 2.37. The summed E-state index contributed by atoms with van der Waals surface area (Å²) < 4.78 is 163. The molecule has 5 nitrogen and oxygen atoms in total. The quantitative estimate of drug-likeness (QED) is 0.217. The molecule has 0 aliphatic rings. The second-order valence-electron chi connectivity index (χ2n) is 9.45. The summed E-state index contributed by atoms with van der Waals surface area (Å²) in [4.78, 5) is 5.87. The molecule has 0 radical (unpaired) electrons. The van der Waals surface area contributed by atoms with E-state index in [-0.39, 0.29) is 35.2 Å². The Morgan fingerprint density at radius 2 is 1.35 bits per heavy atom. The maximum atomic E-state index is 14.1. The molecule has 2 aromatic heterocycles. The maximum absolute atomic E-state index is 14.1. The predicted molar refractivity (Wildman–Crippen MR) is 129 cm³/mol. The standard InChI is InChI=1S/C26H19F12N5/c1-3-4-14-10-16(24(30,31)32)9-12(2)18(14)43-21(39-11-13-5-7-15(8-6-13)23(27,28)29)17-19(25(33,34)35)40-22(26(36,37)38)41-20(17)42-43/h5-10,39H,3-4,11H2,1-2H3. The van der Waals surface area contributed by atoms with E-state index in [1.54, 1.807) is 6.92 Å². The van der Waals surface area contributed by atoms with Crippen molar-refractivity contribution in [3.63, 3.8) is 0 Å². The Bertz CT molecular complexity index is 1630. The number of anilines is 1. The van der Waals surface area contributed by atoms with Gasteiger partial charge in [0.05, 0.1) is 22.2 Å². The van der Waals surface area contributed by atoms with Crippen LogP contribution in [0.3, 0.4) is 0 Å². The molecule has 4 aromatic rings. The first-order valence-electron chi connectivity index (χ1n) is 12.3. The van der Waals surface area contributed by atoms with E-state index in [2.05, 4.69) is 20.4 Å². The van der Waals surface area contributed by atoms with E-state index in [4.69, 9.17) is 0 Å². The van der Waals surface area contributed by atoms with Gasteiger partial charge in [-0.3, -0.25) is 0 Å². The van der Waals surface area contributed by atoms with Crippen LogP contribution in [0.5, 0.6) is 0 Å². The number of nitrogens with one attached hydrogen (secondary N) is 1. The average molecular weight is 629 g/mol. The van der Waals surface area contributed by atoms with E-state index in [0.717, 1.165) is 22.9 Å². The molecular weight excluding hydrogens is 610 g/mol. The van der Waals surface area contributed by atoms with Crippen molar-refractivity contribution in [2.75, 3.05) is 5.32 Å². The third-order valence-electron chi connectivity index (χ3n) is 6.23. The highest BCUT2D eigenvalue weighted by molar-refractivity contribution is 5.91. The van der Waals surface area contributed by atoms with Crippen molar-refractivity contribution in [1.82, 2.24) is 19.7 Å². The fraction of sp³-hybridized carbons (Fsp3) is 0.346. The first-order valence-corrected chi connectivity index (χ1v) is 12.3. The lowest BCUT2D eigenvalue weighted by atomic mass is 9.99. The first kappa shape index (κ1) is 31.9. The van der Waals surface area contributed by atoms with Gasteiger partial charge in [0.2, 0.25) is 5.82 Å². The number of hydrogen-bond donors (Lipinski definition) is 1. The Kier molecular flexibility index (Phi) is 8.08. The molecule has 0 unspecified atom stereocenters. The van der Waals surface area contributed by atoms with Crippen molar-refractivity contribution in [2.24, 2.45) is 0 Å². The highest BCUT2D eigenvalue weighted by Gasteiger charge is 2.43. The fourth-order valence-electron chi connectivity index (χ4n) is 4.42. The van der Waals surface area contributed by atoms with Crippen molar-refractivity contribution >= 4 is 16.9 Å². The highest BCUT2D eigenvalue weighted by Crippen LogP contribution is 2.41. The van der Waals surface area contributed by atoms with Crippen LogP contribution in [0.4, 0.5) is 58.5 Å². The fourth-order valence-corrected chi connectivity index (χ4v) is 4.42. The Labute approximate surface area is 234 Å². The Hall–Kier alpha value is -4.05.